The summed E-state index contributed by atoms with van der Waals surface area (Å²) in [5.74, 6) is 0. The fraction of sp³-hybridized carbons (Fsp3) is 0.455. The molecular formula is C11H15NO2S. The largest absolute Gasteiger partial charge is 0.310 e. The van der Waals surface area contributed by atoms with Crippen LogP contribution < -0.4 is 5.32 Å². The molecule has 4 heteroatoms. The van der Waals surface area contributed by atoms with E-state index in [1.807, 2.05) is 12.1 Å². The Morgan fingerprint density at radius 3 is 2.33 bits per heavy atom. The first kappa shape index (κ1) is 10.6. The van der Waals surface area contributed by atoms with Crippen molar-refractivity contribution in [1.82, 2.24) is 5.32 Å². The predicted octanol–water partition coefficient (Wildman–Crippen LogP) is 1.34. The highest BCUT2D eigenvalue weighted by Gasteiger charge is 2.19. The molecule has 0 aliphatic heterocycles. The van der Waals surface area contributed by atoms with E-state index in [9.17, 15) is 8.42 Å². The SMILES string of the molecule is CS(=O)(=O)c1ccc(CNC2CC2)cc1. The third kappa shape index (κ3) is 3.04. The molecule has 1 N–H and O–H groups in total. The summed E-state index contributed by atoms with van der Waals surface area (Å²) in [6.45, 7) is 0.828. The van der Waals surface area contributed by atoms with Crippen LogP contribution in [0.5, 0.6) is 0 Å². The molecule has 3 nitrogen and oxygen atoms in total. The van der Waals surface area contributed by atoms with Crippen LogP contribution >= 0.6 is 0 Å². The average Bonchev–Trinajstić information content (AvgIpc) is 2.97. The van der Waals surface area contributed by atoms with Gasteiger partial charge in [-0.1, -0.05) is 12.1 Å². The van der Waals surface area contributed by atoms with Crippen molar-refractivity contribution in [3.63, 3.8) is 0 Å². The average molecular weight is 225 g/mol. The van der Waals surface area contributed by atoms with Gasteiger partial charge in [0, 0.05) is 18.8 Å². The maximum Gasteiger partial charge on any atom is 0.175 e. The molecule has 0 bridgehead atoms. The number of benzene rings is 1. The van der Waals surface area contributed by atoms with Gasteiger partial charge in [0.1, 0.15) is 0 Å². The van der Waals surface area contributed by atoms with Crippen molar-refractivity contribution < 1.29 is 8.42 Å². The molecule has 1 aliphatic carbocycles. The number of sulfone groups is 1. The monoisotopic (exact) mass is 225 g/mol. The number of nitrogens with one attached hydrogen (secondary N) is 1. The topological polar surface area (TPSA) is 46.2 Å². The molecule has 82 valence electrons. The van der Waals surface area contributed by atoms with Crippen LogP contribution in [0.4, 0.5) is 0 Å². The van der Waals surface area contributed by atoms with Crippen LogP contribution in [0.2, 0.25) is 0 Å². The minimum atomic E-state index is -3.06. The first-order valence-corrected chi connectivity index (χ1v) is 6.97. The van der Waals surface area contributed by atoms with E-state index >= 15 is 0 Å². The predicted molar refractivity (Wildman–Crippen MR) is 59.4 cm³/mol. The van der Waals surface area contributed by atoms with E-state index in [4.69, 9.17) is 0 Å². The van der Waals surface area contributed by atoms with Crippen LogP contribution in [0.1, 0.15) is 18.4 Å². The molecule has 0 unspecified atom stereocenters. The minimum Gasteiger partial charge on any atom is -0.310 e. The molecule has 0 heterocycles. The number of rotatable bonds is 4. The first-order chi connectivity index (χ1) is 7.05. The number of hydrogen-bond acceptors (Lipinski definition) is 3. The Labute approximate surface area is 90.4 Å². The highest BCUT2D eigenvalue weighted by molar-refractivity contribution is 7.90. The van der Waals surface area contributed by atoms with Crippen LogP contribution in [0, 0.1) is 0 Å². The van der Waals surface area contributed by atoms with E-state index in [2.05, 4.69) is 5.32 Å². The van der Waals surface area contributed by atoms with E-state index in [0.29, 0.717) is 10.9 Å². The maximum atomic E-state index is 11.2. The molecule has 0 amide bonds. The van der Waals surface area contributed by atoms with Gasteiger partial charge >= 0.3 is 0 Å². The van der Waals surface area contributed by atoms with Gasteiger partial charge in [0.2, 0.25) is 0 Å². The van der Waals surface area contributed by atoms with E-state index < -0.39 is 9.84 Å². The second-order valence-corrected chi connectivity index (χ2v) is 6.09. The van der Waals surface area contributed by atoms with Crippen LogP contribution in [0.15, 0.2) is 29.2 Å². The van der Waals surface area contributed by atoms with E-state index in [0.717, 1.165) is 12.1 Å². The van der Waals surface area contributed by atoms with Crippen LogP contribution in [-0.4, -0.2) is 20.7 Å². The highest BCUT2D eigenvalue weighted by atomic mass is 32.2. The smallest absolute Gasteiger partial charge is 0.175 e. The Morgan fingerprint density at radius 2 is 1.87 bits per heavy atom. The lowest BCUT2D eigenvalue weighted by Gasteiger charge is -2.03. The summed E-state index contributed by atoms with van der Waals surface area (Å²) in [6.07, 6.45) is 3.76. The molecule has 1 fully saturated rings. The molecule has 15 heavy (non-hydrogen) atoms. The van der Waals surface area contributed by atoms with Gasteiger partial charge in [-0.3, -0.25) is 0 Å². The zero-order chi connectivity index (χ0) is 10.9. The molecule has 0 saturated heterocycles. The van der Waals surface area contributed by atoms with Gasteiger partial charge in [0.25, 0.3) is 0 Å². The van der Waals surface area contributed by atoms with E-state index in [-0.39, 0.29) is 0 Å². The molecule has 0 aromatic heterocycles. The van der Waals surface area contributed by atoms with Crippen molar-refractivity contribution in [3.8, 4) is 0 Å². The van der Waals surface area contributed by atoms with Gasteiger partial charge in [0.05, 0.1) is 4.90 Å². The Hall–Kier alpha value is -0.870. The van der Waals surface area contributed by atoms with Crippen molar-refractivity contribution in [3.05, 3.63) is 29.8 Å². The Kier molecular flexibility index (Phi) is 2.80. The standard InChI is InChI=1S/C11H15NO2S/c1-15(13,14)11-6-2-9(3-7-11)8-12-10-4-5-10/h2-3,6-7,10,12H,4-5,8H2,1H3. The molecule has 0 atom stereocenters. The number of hydrogen-bond donors (Lipinski definition) is 1. The zero-order valence-corrected chi connectivity index (χ0v) is 9.55. The summed E-state index contributed by atoms with van der Waals surface area (Å²) in [5, 5.41) is 3.38. The fourth-order valence-electron chi connectivity index (χ4n) is 1.40. The summed E-state index contributed by atoms with van der Waals surface area (Å²) in [7, 11) is -3.06. The normalized spacial score (nSPS) is 16.6. The van der Waals surface area contributed by atoms with Crippen molar-refractivity contribution in [1.29, 1.82) is 0 Å². The minimum absolute atomic E-state index is 0.387. The van der Waals surface area contributed by atoms with Crippen molar-refractivity contribution >= 4 is 9.84 Å². The van der Waals surface area contributed by atoms with Crippen molar-refractivity contribution in [2.45, 2.75) is 30.3 Å². The highest BCUT2D eigenvalue weighted by Crippen LogP contribution is 2.19. The van der Waals surface area contributed by atoms with Crippen LogP contribution in [-0.2, 0) is 16.4 Å². The van der Waals surface area contributed by atoms with Crippen LogP contribution in [0.3, 0.4) is 0 Å². The Morgan fingerprint density at radius 1 is 1.27 bits per heavy atom. The molecule has 1 aliphatic rings. The zero-order valence-electron chi connectivity index (χ0n) is 8.73. The van der Waals surface area contributed by atoms with Crippen LogP contribution in [0.25, 0.3) is 0 Å². The molecule has 1 saturated carbocycles. The lowest BCUT2D eigenvalue weighted by Crippen LogP contribution is -2.15. The fourth-order valence-corrected chi connectivity index (χ4v) is 2.03. The third-order valence-corrected chi connectivity index (χ3v) is 3.65. The molecule has 1 aromatic carbocycles. The molecule has 1 aromatic rings. The second kappa shape index (κ2) is 3.94. The van der Waals surface area contributed by atoms with Gasteiger partial charge in [-0.25, -0.2) is 8.42 Å². The quantitative estimate of drug-likeness (QED) is 0.841. The van der Waals surface area contributed by atoms with E-state index in [1.54, 1.807) is 12.1 Å². The van der Waals surface area contributed by atoms with Gasteiger partial charge in [-0.05, 0) is 30.5 Å². The second-order valence-electron chi connectivity index (χ2n) is 4.07. The molecule has 0 spiro atoms. The molecular weight excluding hydrogens is 210 g/mol. The maximum absolute atomic E-state index is 11.2. The Balaban J connectivity index is 2.02. The van der Waals surface area contributed by atoms with Gasteiger partial charge < -0.3 is 5.32 Å². The first-order valence-electron chi connectivity index (χ1n) is 5.08. The molecule has 2 rings (SSSR count). The lowest BCUT2D eigenvalue weighted by molar-refractivity contribution is 0.601. The summed E-state index contributed by atoms with van der Waals surface area (Å²) in [4.78, 5) is 0.387. The van der Waals surface area contributed by atoms with Gasteiger partial charge in [-0.15, -0.1) is 0 Å². The molecule has 0 radical (unpaired) electrons. The summed E-state index contributed by atoms with van der Waals surface area (Å²) in [6, 6.07) is 7.75. The summed E-state index contributed by atoms with van der Waals surface area (Å²) >= 11 is 0. The lowest BCUT2D eigenvalue weighted by atomic mass is 10.2. The summed E-state index contributed by atoms with van der Waals surface area (Å²) < 4.78 is 22.4. The summed E-state index contributed by atoms with van der Waals surface area (Å²) in [5.41, 5.74) is 1.13. The van der Waals surface area contributed by atoms with Gasteiger partial charge in [-0.2, -0.15) is 0 Å². The van der Waals surface area contributed by atoms with E-state index in [1.165, 1.54) is 19.1 Å². The van der Waals surface area contributed by atoms with Crippen molar-refractivity contribution in [2.75, 3.05) is 6.26 Å². The third-order valence-electron chi connectivity index (χ3n) is 2.52. The van der Waals surface area contributed by atoms with Crippen molar-refractivity contribution in [2.24, 2.45) is 0 Å². The Bertz CT molecular complexity index is 432. The van der Waals surface area contributed by atoms with Gasteiger partial charge in [0.15, 0.2) is 9.84 Å².